The third-order valence-corrected chi connectivity index (χ3v) is 4.93. The fourth-order valence-electron chi connectivity index (χ4n) is 3.60. The Bertz CT molecular complexity index is 787. The molecule has 0 saturated carbocycles. The standard InChI is InChI=1S/C20H24N4O/c21-20(24-18-11-12-25-19-8-4-2-6-16(18)19)22-13-15-10-9-14-5-1-3-7-17(14)23-15/h2,4,6,8-10,18H,1,3,5,7,11-13H2,(H3,21,22,24). The van der Waals surface area contributed by atoms with Crippen LogP contribution in [-0.2, 0) is 19.4 Å². The van der Waals surface area contributed by atoms with E-state index in [-0.39, 0.29) is 6.04 Å². The van der Waals surface area contributed by atoms with Gasteiger partial charge in [-0.2, -0.15) is 0 Å². The largest absolute Gasteiger partial charge is 0.493 e. The number of aromatic nitrogens is 1. The van der Waals surface area contributed by atoms with Crippen molar-refractivity contribution in [3.8, 4) is 5.75 Å². The fraction of sp³-hybridized carbons (Fsp3) is 0.400. The number of hydrogen-bond acceptors (Lipinski definition) is 3. The van der Waals surface area contributed by atoms with Crippen LogP contribution in [0.4, 0.5) is 0 Å². The van der Waals surface area contributed by atoms with Crippen LogP contribution in [0, 0.1) is 0 Å². The molecule has 2 heterocycles. The summed E-state index contributed by atoms with van der Waals surface area (Å²) in [7, 11) is 0. The Hall–Kier alpha value is -2.56. The van der Waals surface area contributed by atoms with Crippen LogP contribution in [0.2, 0.25) is 0 Å². The second-order valence-corrected chi connectivity index (χ2v) is 6.69. The summed E-state index contributed by atoms with van der Waals surface area (Å²) in [5.41, 5.74) is 10.9. The monoisotopic (exact) mass is 336 g/mol. The normalized spacial score (nSPS) is 19.5. The average molecular weight is 336 g/mol. The fourth-order valence-corrected chi connectivity index (χ4v) is 3.60. The van der Waals surface area contributed by atoms with E-state index >= 15 is 0 Å². The van der Waals surface area contributed by atoms with Gasteiger partial charge in [-0.25, -0.2) is 4.99 Å². The van der Waals surface area contributed by atoms with E-state index in [9.17, 15) is 0 Å². The highest BCUT2D eigenvalue weighted by molar-refractivity contribution is 5.78. The number of rotatable bonds is 3. The number of guanidine groups is 1. The molecule has 5 nitrogen and oxygen atoms in total. The Kier molecular flexibility index (Phi) is 4.55. The van der Waals surface area contributed by atoms with Gasteiger partial charge in [-0.3, -0.25) is 4.98 Å². The van der Waals surface area contributed by atoms with E-state index in [1.807, 2.05) is 18.2 Å². The van der Waals surface area contributed by atoms with Crippen LogP contribution in [0.3, 0.4) is 0 Å². The molecule has 0 radical (unpaired) electrons. The van der Waals surface area contributed by atoms with Crippen LogP contribution in [0.25, 0.3) is 0 Å². The van der Waals surface area contributed by atoms with Gasteiger partial charge in [0.2, 0.25) is 0 Å². The third kappa shape index (κ3) is 3.60. The molecule has 0 spiro atoms. The van der Waals surface area contributed by atoms with E-state index in [1.165, 1.54) is 24.1 Å². The Morgan fingerprint density at radius 3 is 3.04 bits per heavy atom. The number of nitrogens with zero attached hydrogens (tertiary/aromatic N) is 2. The molecule has 0 amide bonds. The summed E-state index contributed by atoms with van der Waals surface area (Å²) in [5.74, 6) is 1.39. The maximum Gasteiger partial charge on any atom is 0.189 e. The maximum absolute atomic E-state index is 6.12. The van der Waals surface area contributed by atoms with Crippen molar-refractivity contribution in [1.29, 1.82) is 0 Å². The number of hydrogen-bond donors (Lipinski definition) is 2. The van der Waals surface area contributed by atoms with Crippen LogP contribution < -0.4 is 15.8 Å². The second-order valence-electron chi connectivity index (χ2n) is 6.69. The van der Waals surface area contributed by atoms with Gasteiger partial charge >= 0.3 is 0 Å². The number of aryl methyl sites for hydroxylation is 2. The summed E-state index contributed by atoms with van der Waals surface area (Å²) in [4.78, 5) is 9.25. The van der Waals surface area contributed by atoms with Gasteiger partial charge in [-0.15, -0.1) is 0 Å². The van der Waals surface area contributed by atoms with Gasteiger partial charge in [-0.05, 0) is 43.4 Å². The second kappa shape index (κ2) is 7.13. The molecule has 1 unspecified atom stereocenters. The molecule has 0 fully saturated rings. The minimum atomic E-state index is 0.144. The van der Waals surface area contributed by atoms with Gasteiger partial charge in [0.15, 0.2) is 5.96 Å². The Morgan fingerprint density at radius 1 is 1.20 bits per heavy atom. The van der Waals surface area contributed by atoms with E-state index < -0.39 is 0 Å². The lowest BCUT2D eigenvalue weighted by atomic mass is 9.96. The molecule has 1 aliphatic heterocycles. The first kappa shape index (κ1) is 15.9. The van der Waals surface area contributed by atoms with Gasteiger partial charge < -0.3 is 15.8 Å². The van der Waals surface area contributed by atoms with Crippen molar-refractivity contribution in [3.05, 3.63) is 58.9 Å². The predicted molar refractivity (Wildman–Crippen MR) is 98.6 cm³/mol. The number of fused-ring (bicyclic) bond motifs is 2. The lowest BCUT2D eigenvalue weighted by Gasteiger charge is -2.26. The van der Waals surface area contributed by atoms with E-state index in [2.05, 4.69) is 28.5 Å². The number of pyridine rings is 1. The highest BCUT2D eigenvalue weighted by atomic mass is 16.5. The summed E-state index contributed by atoms with van der Waals surface area (Å²) >= 11 is 0. The minimum Gasteiger partial charge on any atom is -0.493 e. The van der Waals surface area contributed by atoms with Crippen molar-refractivity contribution in [2.75, 3.05) is 6.61 Å². The molecule has 1 aliphatic carbocycles. The average Bonchev–Trinajstić information content (AvgIpc) is 2.66. The molecule has 0 saturated heterocycles. The summed E-state index contributed by atoms with van der Waals surface area (Å²) in [6.07, 6.45) is 5.62. The molecule has 5 heteroatoms. The molecule has 1 aromatic heterocycles. The lowest BCUT2D eigenvalue weighted by Crippen LogP contribution is -2.37. The topological polar surface area (TPSA) is 72.5 Å². The zero-order valence-corrected chi connectivity index (χ0v) is 14.4. The summed E-state index contributed by atoms with van der Waals surface area (Å²) < 4.78 is 5.69. The number of benzene rings is 1. The molecule has 4 rings (SSSR count). The number of nitrogens with two attached hydrogens (primary N) is 1. The smallest absolute Gasteiger partial charge is 0.189 e. The van der Waals surface area contributed by atoms with Crippen molar-refractivity contribution >= 4 is 5.96 Å². The molecule has 2 aromatic rings. The van der Waals surface area contributed by atoms with Gasteiger partial charge in [0.05, 0.1) is 24.9 Å². The number of nitrogens with one attached hydrogen (secondary N) is 1. The number of aliphatic imine (C=N–C) groups is 1. The van der Waals surface area contributed by atoms with Gasteiger partial charge in [0, 0.05) is 17.7 Å². The SMILES string of the molecule is NC(=NCc1ccc2c(n1)CCCC2)NC1CCOc2ccccc21. The van der Waals surface area contributed by atoms with Crippen LogP contribution in [0.1, 0.15) is 47.8 Å². The Balaban J connectivity index is 1.43. The van der Waals surface area contributed by atoms with Crippen LogP contribution in [0.5, 0.6) is 5.75 Å². The Labute approximate surface area is 148 Å². The van der Waals surface area contributed by atoms with E-state index in [0.717, 1.165) is 36.3 Å². The van der Waals surface area contributed by atoms with E-state index in [0.29, 0.717) is 19.1 Å². The van der Waals surface area contributed by atoms with Crippen LogP contribution >= 0.6 is 0 Å². The molecule has 3 N–H and O–H groups in total. The van der Waals surface area contributed by atoms with Crippen molar-refractivity contribution in [2.24, 2.45) is 10.7 Å². The third-order valence-electron chi connectivity index (χ3n) is 4.93. The molecule has 2 aliphatic rings. The number of ether oxygens (including phenoxy) is 1. The van der Waals surface area contributed by atoms with Gasteiger partial charge in [-0.1, -0.05) is 24.3 Å². The highest BCUT2D eigenvalue weighted by Crippen LogP contribution is 2.31. The van der Waals surface area contributed by atoms with Crippen molar-refractivity contribution in [2.45, 2.75) is 44.7 Å². The molecule has 1 aromatic carbocycles. The van der Waals surface area contributed by atoms with Gasteiger partial charge in [0.25, 0.3) is 0 Å². The van der Waals surface area contributed by atoms with E-state index in [1.54, 1.807) is 0 Å². The quantitative estimate of drug-likeness (QED) is 0.668. The maximum atomic E-state index is 6.12. The predicted octanol–water partition coefficient (Wildman–Crippen LogP) is 2.89. The summed E-state index contributed by atoms with van der Waals surface area (Å²) in [5, 5.41) is 3.33. The first-order valence-electron chi connectivity index (χ1n) is 9.05. The zero-order chi connectivity index (χ0) is 17.1. The highest BCUT2D eigenvalue weighted by Gasteiger charge is 2.21. The molecule has 25 heavy (non-hydrogen) atoms. The molecule has 130 valence electrons. The van der Waals surface area contributed by atoms with Crippen LogP contribution in [-0.4, -0.2) is 17.6 Å². The summed E-state index contributed by atoms with van der Waals surface area (Å²) in [6, 6.07) is 12.5. The first-order valence-corrected chi connectivity index (χ1v) is 9.05. The minimum absolute atomic E-state index is 0.144. The molecular formula is C20H24N4O. The van der Waals surface area contributed by atoms with Crippen molar-refractivity contribution < 1.29 is 4.74 Å². The summed E-state index contributed by atoms with van der Waals surface area (Å²) in [6.45, 7) is 1.20. The van der Waals surface area contributed by atoms with Crippen LogP contribution in [0.15, 0.2) is 41.4 Å². The van der Waals surface area contributed by atoms with Gasteiger partial charge in [0.1, 0.15) is 5.75 Å². The molecule has 0 bridgehead atoms. The zero-order valence-electron chi connectivity index (χ0n) is 14.4. The first-order chi connectivity index (χ1) is 12.3. The Morgan fingerprint density at radius 2 is 2.08 bits per heavy atom. The number of para-hydroxylation sites is 1. The molecule has 1 atom stereocenters. The molecular weight excluding hydrogens is 312 g/mol. The van der Waals surface area contributed by atoms with E-state index in [4.69, 9.17) is 15.5 Å². The van der Waals surface area contributed by atoms with Crippen molar-refractivity contribution in [1.82, 2.24) is 10.3 Å². The van der Waals surface area contributed by atoms with Crippen molar-refractivity contribution in [3.63, 3.8) is 0 Å². The lowest BCUT2D eigenvalue weighted by molar-refractivity contribution is 0.262.